The normalized spacial score (nSPS) is 20.2. The van der Waals surface area contributed by atoms with Gasteiger partial charge in [-0.2, -0.15) is 0 Å². The molecule has 6 heteroatoms. The molecule has 2 aliphatic rings. The van der Waals surface area contributed by atoms with Crippen LogP contribution in [0, 0.1) is 5.92 Å². The van der Waals surface area contributed by atoms with Crippen molar-refractivity contribution in [3.8, 4) is 5.88 Å². The molecular weight excluding hydrogens is 328 g/mol. The standard InChI is InChI=1S/C20H28N4O2/c1-3-26-13-17-11-23(10-16-5-4-8-21-20(16)25-2)12-18-19(17)24(14-22-18)9-15-6-7-15/h4-5,8,14-15,17H,3,6-7,9-13H2,1-2H3/t17-/m1/s1. The lowest BCUT2D eigenvalue weighted by Crippen LogP contribution is -2.36. The Hall–Kier alpha value is -1.92. The van der Waals surface area contributed by atoms with E-state index in [0.717, 1.165) is 50.9 Å². The van der Waals surface area contributed by atoms with E-state index in [1.165, 1.54) is 24.2 Å². The number of hydrogen-bond acceptors (Lipinski definition) is 5. The van der Waals surface area contributed by atoms with E-state index < -0.39 is 0 Å². The van der Waals surface area contributed by atoms with Crippen LogP contribution < -0.4 is 4.74 Å². The Labute approximate surface area is 155 Å². The summed E-state index contributed by atoms with van der Waals surface area (Å²) in [5, 5.41) is 0. The van der Waals surface area contributed by atoms with E-state index in [1.807, 2.05) is 12.4 Å². The fourth-order valence-corrected chi connectivity index (χ4v) is 3.91. The van der Waals surface area contributed by atoms with Crippen LogP contribution in [0.25, 0.3) is 0 Å². The monoisotopic (exact) mass is 356 g/mol. The molecule has 0 spiro atoms. The molecule has 140 valence electrons. The smallest absolute Gasteiger partial charge is 0.217 e. The predicted octanol–water partition coefficient (Wildman–Crippen LogP) is 2.83. The van der Waals surface area contributed by atoms with E-state index in [2.05, 4.69) is 27.4 Å². The Morgan fingerprint density at radius 2 is 2.15 bits per heavy atom. The molecule has 0 bridgehead atoms. The predicted molar refractivity (Wildman–Crippen MR) is 99.1 cm³/mol. The van der Waals surface area contributed by atoms with Gasteiger partial charge in [0.15, 0.2) is 0 Å². The first kappa shape index (κ1) is 17.5. The molecule has 1 atom stereocenters. The Morgan fingerprint density at radius 1 is 1.27 bits per heavy atom. The van der Waals surface area contributed by atoms with Gasteiger partial charge in [-0.3, -0.25) is 4.90 Å². The third-order valence-electron chi connectivity index (χ3n) is 5.31. The van der Waals surface area contributed by atoms with Gasteiger partial charge in [-0.05, 0) is 31.7 Å². The third kappa shape index (κ3) is 3.76. The maximum atomic E-state index is 5.81. The zero-order valence-corrected chi connectivity index (χ0v) is 15.7. The first-order chi connectivity index (χ1) is 12.8. The van der Waals surface area contributed by atoms with E-state index in [-0.39, 0.29) is 0 Å². The zero-order chi connectivity index (χ0) is 17.9. The Bertz CT molecular complexity index is 741. The lowest BCUT2D eigenvalue weighted by molar-refractivity contribution is 0.101. The second kappa shape index (κ2) is 7.76. The second-order valence-corrected chi connectivity index (χ2v) is 7.37. The van der Waals surface area contributed by atoms with Crippen LogP contribution in [-0.4, -0.2) is 46.3 Å². The van der Waals surface area contributed by atoms with Crippen LogP contribution in [0.4, 0.5) is 0 Å². The first-order valence-electron chi connectivity index (χ1n) is 9.60. The van der Waals surface area contributed by atoms with Crippen molar-refractivity contribution < 1.29 is 9.47 Å². The fourth-order valence-electron chi connectivity index (χ4n) is 3.91. The van der Waals surface area contributed by atoms with Gasteiger partial charge in [0.2, 0.25) is 5.88 Å². The molecule has 1 aliphatic carbocycles. The number of rotatable bonds is 8. The second-order valence-electron chi connectivity index (χ2n) is 7.37. The number of aromatic nitrogens is 3. The van der Waals surface area contributed by atoms with Crippen molar-refractivity contribution in [3.05, 3.63) is 41.6 Å². The maximum Gasteiger partial charge on any atom is 0.217 e. The Kier molecular flexibility index (Phi) is 5.22. The zero-order valence-electron chi connectivity index (χ0n) is 15.7. The van der Waals surface area contributed by atoms with Crippen LogP contribution in [0.5, 0.6) is 5.88 Å². The number of nitrogens with zero attached hydrogens (tertiary/aromatic N) is 4. The van der Waals surface area contributed by atoms with Crippen molar-refractivity contribution in [2.24, 2.45) is 5.92 Å². The highest BCUT2D eigenvalue weighted by atomic mass is 16.5. The van der Waals surface area contributed by atoms with Crippen molar-refractivity contribution in [3.63, 3.8) is 0 Å². The number of ether oxygens (including phenoxy) is 2. The van der Waals surface area contributed by atoms with Gasteiger partial charge in [-0.1, -0.05) is 6.07 Å². The Balaban J connectivity index is 1.54. The van der Waals surface area contributed by atoms with E-state index in [4.69, 9.17) is 14.5 Å². The van der Waals surface area contributed by atoms with Gasteiger partial charge in [0, 0.05) is 56.2 Å². The molecular formula is C20H28N4O2. The van der Waals surface area contributed by atoms with Crippen LogP contribution in [0.3, 0.4) is 0 Å². The lowest BCUT2D eigenvalue weighted by atomic mass is 9.98. The van der Waals surface area contributed by atoms with E-state index in [0.29, 0.717) is 11.8 Å². The van der Waals surface area contributed by atoms with Crippen LogP contribution in [-0.2, 0) is 24.4 Å². The summed E-state index contributed by atoms with van der Waals surface area (Å²) < 4.78 is 13.6. The van der Waals surface area contributed by atoms with Gasteiger partial charge in [0.1, 0.15) is 0 Å². The van der Waals surface area contributed by atoms with Gasteiger partial charge >= 0.3 is 0 Å². The highest BCUT2D eigenvalue weighted by Crippen LogP contribution is 2.35. The molecule has 2 aromatic rings. The third-order valence-corrected chi connectivity index (χ3v) is 5.31. The quantitative estimate of drug-likeness (QED) is 0.728. The summed E-state index contributed by atoms with van der Waals surface area (Å²) in [7, 11) is 1.68. The van der Waals surface area contributed by atoms with E-state index >= 15 is 0 Å². The van der Waals surface area contributed by atoms with E-state index in [1.54, 1.807) is 13.3 Å². The molecule has 6 nitrogen and oxygen atoms in total. The molecule has 0 saturated heterocycles. The number of fused-ring (bicyclic) bond motifs is 1. The molecule has 26 heavy (non-hydrogen) atoms. The summed E-state index contributed by atoms with van der Waals surface area (Å²) in [6.07, 6.45) is 6.52. The number of pyridine rings is 1. The molecule has 1 saturated carbocycles. The molecule has 0 amide bonds. The molecule has 3 heterocycles. The minimum absolute atomic E-state index is 0.364. The van der Waals surface area contributed by atoms with Crippen LogP contribution in [0.15, 0.2) is 24.7 Å². The van der Waals surface area contributed by atoms with Gasteiger partial charge in [-0.15, -0.1) is 0 Å². The minimum Gasteiger partial charge on any atom is -0.481 e. The average Bonchev–Trinajstić information content (AvgIpc) is 3.39. The fraction of sp³-hybridized carbons (Fsp3) is 0.600. The van der Waals surface area contributed by atoms with Crippen LogP contribution in [0.1, 0.15) is 42.6 Å². The molecule has 0 aromatic carbocycles. The number of hydrogen-bond donors (Lipinski definition) is 0. The molecule has 4 rings (SSSR count). The van der Waals surface area contributed by atoms with Crippen LogP contribution >= 0.6 is 0 Å². The average molecular weight is 356 g/mol. The summed E-state index contributed by atoms with van der Waals surface area (Å²) in [6.45, 7) is 7.33. The molecule has 2 aromatic heterocycles. The Morgan fingerprint density at radius 3 is 2.92 bits per heavy atom. The van der Waals surface area contributed by atoms with E-state index in [9.17, 15) is 0 Å². The SMILES string of the molecule is CCOC[C@H]1CN(Cc2cccnc2OC)Cc2ncn(CC3CC3)c21. The molecule has 1 fully saturated rings. The lowest BCUT2D eigenvalue weighted by Gasteiger charge is -2.33. The summed E-state index contributed by atoms with van der Waals surface area (Å²) in [5.74, 6) is 1.92. The molecule has 0 radical (unpaired) electrons. The van der Waals surface area contributed by atoms with Crippen LogP contribution in [0.2, 0.25) is 0 Å². The van der Waals surface area contributed by atoms with Gasteiger partial charge < -0.3 is 14.0 Å². The van der Waals surface area contributed by atoms with Gasteiger partial charge in [0.05, 0.1) is 25.7 Å². The van der Waals surface area contributed by atoms with Crippen molar-refractivity contribution in [1.82, 2.24) is 19.4 Å². The summed E-state index contributed by atoms with van der Waals surface area (Å²) in [6, 6.07) is 4.06. The number of methoxy groups -OCH3 is 1. The van der Waals surface area contributed by atoms with Crippen molar-refractivity contribution >= 4 is 0 Å². The molecule has 0 unspecified atom stereocenters. The summed E-state index contributed by atoms with van der Waals surface area (Å²) >= 11 is 0. The highest BCUT2D eigenvalue weighted by molar-refractivity contribution is 5.27. The van der Waals surface area contributed by atoms with Gasteiger partial charge in [0.25, 0.3) is 0 Å². The summed E-state index contributed by atoms with van der Waals surface area (Å²) in [5.41, 5.74) is 3.70. The van der Waals surface area contributed by atoms with Gasteiger partial charge in [-0.25, -0.2) is 9.97 Å². The van der Waals surface area contributed by atoms with Crippen molar-refractivity contribution in [1.29, 1.82) is 0 Å². The number of imidazole rings is 1. The summed E-state index contributed by atoms with van der Waals surface area (Å²) in [4.78, 5) is 11.5. The van der Waals surface area contributed by atoms with Crippen molar-refractivity contribution in [2.45, 2.75) is 45.3 Å². The first-order valence-corrected chi connectivity index (χ1v) is 9.60. The topological polar surface area (TPSA) is 52.4 Å². The highest BCUT2D eigenvalue weighted by Gasteiger charge is 2.32. The maximum absolute atomic E-state index is 5.81. The van der Waals surface area contributed by atoms with Crippen molar-refractivity contribution in [2.75, 3.05) is 26.9 Å². The molecule has 1 aliphatic heterocycles. The largest absolute Gasteiger partial charge is 0.481 e. The molecule has 0 N–H and O–H groups in total. The minimum atomic E-state index is 0.364.